The molecule has 1 fully saturated rings. The van der Waals surface area contributed by atoms with Gasteiger partial charge in [-0.3, -0.25) is 0 Å². The van der Waals surface area contributed by atoms with Gasteiger partial charge in [-0.15, -0.1) is 11.8 Å². The Balaban J connectivity index is 1.90. The van der Waals surface area contributed by atoms with Gasteiger partial charge in [-0.25, -0.2) is 4.98 Å². The average molecular weight is 246 g/mol. The van der Waals surface area contributed by atoms with Crippen molar-refractivity contribution in [2.45, 2.75) is 5.03 Å². The second kappa shape index (κ2) is 4.70. The van der Waals surface area contributed by atoms with Crippen molar-refractivity contribution in [2.75, 3.05) is 25.6 Å². The van der Waals surface area contributed by atoms with Crippen LogP contribution in [0.3, 0.4) is 0 Å². The molecule has 2 rings (SSSR count). The minimum atomic E-state index is -0.0635. The number of hydrogen-bond acceptors (Lipinski definition) is 4. The van der Waals surface area contributed by atoms with Crippen LogP contribution in [0.25, 0.3) is 0 Å². The van der Waals surface area contributed by atoms with Crippen LogP contribution in [0.5, 0.6) is 0 Å². The average Bonchev–Trinajstić information content (AvgIpc) is 2.20. The Morgan fingerprint density at radius 1 is 1.53 bits per heavy atom. The molecule has 1 aliphatic heterocycles. The van der Waals surface area contributed by atoms with Crippen LogP contribution in [0.15, 0.2) is 23.4 Å². The first-order chi connectivity index (χ1) is 7.24. The highest BCUT2D eigenvalue weighted by Crippen LogP contribution is 2.33. The largest absolute Gasteiger partial charge is 0.396 e. The van der Waals surface area contributed by atoms with Gasteiger partial charge < -0.3 is 9.84 Å². The van der Waals surface area contributed by atoms with E-state index in [1.807, 2.05) is 12.1 Å². The second-order valence-corrected chi connectivity index (χ2v) is 5.19. The zero-order valence-corrected chi connectivity index (χ0v) is 9.72. The molecule has 0 atom stereocenters. The van der Waals surface area contributed by atoms with Gasteiger partial charge in [0.2, 0.25) is 0 Å². The van der Waals surface area contributed by atoms with Crippen LogP contribution in [-0.4, -0.2) is 35.7 Å². The van der Waals surface area contributed by atoms with Crippen LogP contribution in [0, 0.1) is 5.41 Å². The number of halogens is 1. The number of thioether (sulfide) groups is 1. The minimum Gasteiger partial charge on any atom is -0.396 e. The van der Waals surface area contributed by atoms with Crippen molar-refractivity contribution in [3.63, 3.8) is 0 Å². The number of rotatable bonds is 4. The third-order valence-corrected chi connectivity index (χ3v) is 3.90. The summed E-state index contributed by atoms with van der Waals surface area (Å²) in [5.74, 6) is 0.831. The molecule has 82 valence electrons. The topological polar surface area (TPSA) is 42.4 Å². The molecule has 0 aromatic carbocycles. The zero-order valence-electron chi connectivity index (χ0n) is 8.15. The van der Waals surface area contributed by atoms with Gasteiger partial charge in [-0.2, -0.15) is 0 Å². The highest BCUT2D eigenvalue weighted by molar-refractivity contribution is 7.99. The summed E-state index contributed by atoms with van der Waals surface area (Å²) in [6, 6.07) is 3.71. The highest BCUT2D eigenvalue weighted by atomic mass is 35.5. The van der Waals surface area contributed by atoms with Crippen molar-refractivity contribution in [1.82, 2.24) is 4.98 Å². The molecule has 1 saturated heterocycles. The Hall–Kier alpha value is -0.290. The van der Waals surface area contributed by atoms with Crippen molar-refractivity contribution in [3.8, 4) is 0 Å². The van der Waals surface area contributed by atoms with Gasteiger partial charge in [0.15, 0.2) is 0 Å². The Kier molecular flexibility index (Phi) is 3.51. The van der Waals surface area contributed by atoms with E-state index in [0.717, 1.165) is 10.8 Å². The van der Waals surface area contributed by atoms with Crippen molar-refractivity contribution in [2.24, 2.45) is 5.41 Å². The maximum atomic E-state index is 9.22. The fourth-order valence-electron chi connectivity index (χ4n) is 1.29. The Labute approximate surface area is 97.8 Å². The number of pyridine rings is 1. The number of aliphatic hydroxyl groups excluding tert-OH is 1. The second-order valence-electron chi connectivity index (χ2n) is 3.75. The quantitative estimate of drug-likeness (QED) is 0.822. The number of aliphatic hydroxyl groups is 1. The molecule has 0 aliphatic carbocycles. The highest BCUT2D eigenvalue weighted by Gasteiger charge is 2.38. The lowest BCUT2D eigenvalue weighted by Crippen LogP contribution is -2.47. The molecule has 0 spiro atoms. The van der Waals surface area contributed by atoms with Gasteiger partial charge >= 0.3 is 0 Å². The molecule has 3 nitrogen and oxygen atoms in total. The van der Waals surface area contributed by atoms with Gasteiger partial charge in [-0.05, 0) is 12.1 Å². The first-order valence-electron chi connectivity index (χ1n) is 4.67. The van der Waals surface area contributed by atoms with Crippen LogP contribution in [0.1, 0.15) is 0 Å². The summed E-state index contributed by atoms with van der Waals surface area (Å²) in [5.41, 5.74) is -0.0635. The molecule has 15 heavy (non-hydrogen) atoms. The van der Waals surface area contributed by atoms with Crippen LogP contribution in [0.2, 0.25) is 5.02 Å². The lowest BCUT2D eigenvalue weighted by atomic mass is 9.90. The summed E-state index contributed by atoms with van der Waals surface area (Å²) in [4.78, 5) is 4.18. The summed E-state index contributed by atoms with van der Waals surface area (Å²) in [6.45, 7) is 1.46. The van der Waals surface area contributed by atoms with E-state index in [-0.39, 0.29) is 12.0 Å². The van der Waals surface area contributed by atoms with E-state index >= 15 is 0 Å². The van der Waals surface area contributed by atoms with E-state index in [4.69, 9.17) is 16.3 Å². The molecule has 0 unspecified atom stereocenters. The van der Waals surface area contributed by atoms with E-state index in [1.165, 1.54) is 0 Å². The Morgan fingerprint density at radius 3 is 2.80 bits per heavy atom. The normalized spacial score (nSPS) is 18.5. The molecule has 0 bridgehead atoms. The van der Waals surface area contributed by atoms with Crippen molar-refractivity contribution < 1.29 is 9.84 Å². The third-order valence-electron chi connectivity index (χ3n) is 2.38. The molecule has 0 amide bonds. The first-order valence-corrected chi connectivity index (χ1v) is 6.03. The third kappa shape index (κ3) is 2.64. The van der Waals surface area contributed by atoms with E-state index in [0.29, 0.717) is 18.2 Å². The molecule has 0 saturated carbocycles. The SMILES string of the molecule is OCC1(CSc2ccc(Cl)cn2)COC1. The molecule has 1 aromatic heterocycles. The van der Waals surface area contributed by atoms with Gasteiger partial charge in [0.1, 0.15) is 0 Å². The Morgan fingerprint density at radius 2 is 2.33 bits per heavy atom. The molecule has 1 aliphatic rings. The summed E-state index contributed by atoms with van der Waals surface area (Å²) >= 11 is 7.36. The molecule has 1 aromatic rings. The molecule has 5 heteroatoms. The number of aromatic nitrogens is 1. The summed E-state index contributed by atoms with van der Waals surface area (Å²) in [6.07, 6.45) is 1.63. The lowest BCUT2D eigenvalue weighted by Gasteiger charge is -2.39. The standard InChI is InChI=1S/C10H12ClNO2S/c11-8-1-2-9(12-3-8)15-7-10(4-13)5-14-6-10/h1-3,13H,4-7H2. The number of ether oxygens (including phenoxy) is 1. The van der Waals surface area contributed by atoms with Gasteiger partial charge in [0, 0.05) is 17.4 Å². The number of nitrogens with zero attached hydrogens (tertiary/aromatic N) is 1. The van der Waals surface area contributed by atoms with E-state index in [2.05, 4.69) is 4.98 Å². The maximum Gasteiger partial charge on any atom is 0.0961 e. The van der Waals surface area contributed by atoms with Crippen molar-refractivity contribution >= 4 is 23.4 Å². The zero-order chi connectivity index (χ0) is 10.7. The fraction of sp³-hybridized carbons (Fsp3) is 0.500. The summed E-state index contributed by atoms with van der Waals surface area (Å²) in [7, 11) is 0. The molecule has 2 heterocycles. The van der Waals surface area contributed by atoms with Crippen LogP contribution < -0.4 is 0 Å². The van der Waals surface area contributed by atoms with Crippen LogP contribution >= 0.6 is 23.4 Å². The number of hydrogen-bond donors (Lipinski definition) is 1. The maximum absolute atomic E-state index is 9.22. The summed E-state index contributed by atoms with van der Waals surface area (Å²) in [5, 5.41) is 10.8. The lowest BCUT2D eigenvalue weighted by molar-refractivity contribution is -0.121. The minimum absolute atomic E-state index is 0.0635. The smallest absolute Gasteiger partial charge is 0.0961 e. The first kappa shape index (κ1) is 11.2. The fourth-order valence-corrected chi connectivity index (χ4v) is 2.40. The predicted molar refractivity (Wildman–Crippen MR) is 60.3 cm³/mol. The molecule has 0 radical (unpaired) electrons. The monoisotopic (exact) mass is 245 g/mol. The van der Waals surface area contributed by atoms with Gasteiger partial charge in [0.05, 0.1) is 29.9 Å². The van der Waals surface area contributed by atoms with Crippen molar-refractivity contribution in [1.29, 1.82) is 0 Å². The Bertz CT molecular complexity index is 321. The van der Waals surface area contributed by atoms with E-state index in [1.54, 1.807) is 18.0 Å². The molecular weight excluding hydrogens is 234 g/mol. The predicted octanol–water partition coefficient (Wildman–Crippen LogP) is 1.84. The van der Waals surface area contributed by atoms with Crippen LogP contribution in [0.4, 0.5) is 0 Å². The van der Waals surface area contributed by atoms with Crippen molar-refractivity contribution in [3.05, 3.63) is 23.4 Å². The van der Waals surface area contributed by atoms with Gasteiger partial charge in [0.25, 0.3) is 0 Å². The van der Waals surface area contributed by atoms with Gasteiger partial charge in [-0.1, -0.05) is 11.6 Å². The summed E-state index contributed by atoms with van der Waals surface area (Å²) < 4.78 is 5.12. The van der Waals surface area contributed by atoms with E-state index in [9.17, 15) is 5.11 Å². The van der Waals surface area contributed by atoms with Crippen LogP contribution in [-0.2, 0) is 4.74 Å². The van der Waals surface area contributed by atoms with E-state index < -0.39 is 0 Å². The molecular formula is C10H12ClNO2S. The molecule has 1 N–H and O–H groups in total.